The Balaban J connectivity index is 2.07. The monoisotopic (exact) mass is 246 g/mol. The lowest BCUT2D eigenvalue weighted by molar-refractivity contribution is 0.386. The Morgan fingerprint density at radius 1 is 1.22 bits per heavy atom. The van der Waals surface area contributed by atoms with Gasteiger partial charge >= 0.3 is 0 Å². The highest BCUT2D eigenvalue weighted by Gasteiger charge is 2.03. The maximum absolute atomic E-state index is 13.5. The van der Waals surface area contributed by atoms with Crippen LogP contribution in [0.3, 0.4) is 0 Å². The molecular weight excluding hydrogens is 231 g/mol. The molecular formula is C14H15FN2O. The number of para-hydroxylation sites is 1. The first-order valence-electron chi connectivity index (χ1n) is 5.61. The van der Waals surface area contributed by atoms with Crippen LogP contribution in [0.15, 0.2) is 42.5 Å². The average Bonchev–Trinajstić information content (AvgIpc) is 2.38. The van der Waals surface area contributed by atoms with Gasteiger partial charge in [-0.3, -0.25) is 0 Å². The first-order chi connectivity index (χ1) is 8.70. The van der Waals surface area contributed by atoms with E-state index in [0.717, 1.165) is 11.3 Å². The van der Waals surface area contributed by atoms with Gasteiger partial charge in [0.1, 0.15) is 0 Å². The number of rotatable bonds is 4. The summed E-state index contributed by atoms with van der Waals surface area (Å²) in [6.45, 7) is 0.554. The normalized spacial score (nSPS) is 10.1. The van der Waals surface area contributed by atoms with Crippen LogP contribution in [0, 0.1) is 5.82 Å². The molecule has 0 radical (unpaired) electrons. The lowest BCUT2D eigenvalue weighted by Gasteiger charge is -2.10. The summed E-state index contributed by atoms with van der Waals surface area (Å²) in [4.78, 5) is 0. The van der Waals surface area contributed by atoms with E-state index in [2.05, 4.69) is 5.32 Å². The molecule has 3 nitrogen and oxygen atoms in total. The topological polar surface area (TPSA) is 47.3 Å². The van der Waals surface area contributed by atoms with Crippen LogP contribution >= 0.6 is 0 Å². The minimum absolute atomic E-state index is 0.236. The van der Waals surface area contributed by atoms with Crippen LogP contribution in [0.4, 0.5) is 15.8 Å². The molecule has 0 unspecified atom stereocenters. The highest BCUT2D eigenvalue weighted by molar-refractivity contribution is 5.51. The third-order valence-electron chi connectivity index (χ3n) is 2.69. The summed E-state index contributed by atoms with van der Waals surface area (Å²) in [7, 11) is 1.44. The van der Waals surface area contributed by atoms with E-state index in [0.29, 0.717) is 12.2 Å². The highest BCUT2D eigenvalue weighted by atomic mass is 19.1. The molecule has 94 valence electrons. The van der Waals surface area contributed by atoms with Gasteiger partial charge in [0.05, 0.1) is 7.11 Å². The van der Waals surface area contributed by atoms with Crippen LogP contribution in [0.5, 0.6) is 5.75 Å². The van der Waals surface area contributed by atoms with Crippen LogP contribution in [0.2, 0.25) is 0 Å². The van der Waals surface area contributed by atoms with Gasteiger partial charge in [-0.2, -0.15) is 0 Å². The first kappa shape index (κ1) is 12.2. The SMILES string of the molecule is COc1ccc(NCc2ccccc2N)cc1F. The van der Waals surface area contributed by atoms with Gasteiger partial charge in [-0.05, 0) is 23.8 Å². The largest absolute Gasteiger partial charge is 0.494 e. The van der Waals surface area contributed by atoms with E-state index >= 15 is 0 Å². The number of hydrogen-bond donors (Lipinski definition) is 2. The van der Waals surface area contributed by atoms with Crippen molar-refractivity contribution in [3.05, 3.63) is 53.8 Å². The Hall–Kier alpha value is -2.23. The van der Waals surface area contributed by atoms with E-state index in [1.807, 2.05) is 24.3 Å². The fourth-order valence-corrected chi connectivity index (χ4v) is 1.67. The summed E-state index contributed by atoms with van der Waals surface area (Å²) in [5, 5.41) is 3.12. The van der Waals surface area contributed by atoms with Gasteiger partial charge in [0.2, 0.25) is 0 Å². The number of halogens is 1. The number of benzene rings is 2. The van der Waals surface area contributed by atoms with Crippen molar-refractivity contribution in [1.29, 1.82) is 0 Å². The lowest BCUT2D eigenvalue weighted by atomic mass is 10.2. The van der Waals surface area contributed by atoms with Crippen molar-refractivity contribution in [2.24, 2.45) is 0 Å². The van der Waals surface area contributed by atoms with Crippen molar-refractivity contribution < 1.29 is 9.13 Å². The zero-order valence-corrected chi connectivity index (χ0v) is 10.1. The molecule has 0 aliphatic rings. The minimum atomic E-state index is -0.386. The molecule has 0 amide bonds. The molecule has 4 heteroatoms. The molecule has 0 bridgehead atoms. The molecule has 0 spiro atoms. The van der Waals surface area contributed by atoms with E-state index in [1.54, 1.807) is 12.1 Å². The van der Waals surface area contributed by atoms with Crippen LogP contribution in [-0.2, 0) is 6.54 Å². The van der Waals surface area contributed by atoms with Crippen molar-refractivity contribution in [2.45, 2.75) is 6.54 Å². The highest BCUT2D eigenvalue weighted by Crippen LogP contribution is 2.21. The van der Waals surface area contributed by atoms with Crippen molar-refractivity contribution >= 4 is 11.4 Å². The van der Waals surface area contributed by atoms with Gasteiger partial charge in [-0.15, -0.1) is 0 Å². The lowest BCUT2D eigenvalue weighted by Crippen LogP contribution is -2.03. The fraction of sp³-hybridized carbons (Fsp3) is 0.143. The van der Waals surface area contributed by atoms with Crippen molar-refractivity contribution in [3.63, 3.8) is 0 Å². The Morgan fingerprint density at radius 2 is 2.00 bits per heavy atom. The third-order valence-corrected chi connectivity index (χ3v) is 2.69. The van der Waals surface area contributed by atoms with E-state index in [1.165, 1.54) is 13.2 Å². The standard InChI is InChI=1S/C14H15FN2O/c1-18-14-7-6-11(8-12(14)15)17-9-10-4-2-3-5-13(10)16/h2-8,17H,9,16H2,1H3. The van der Waals surface area contributed by atoms with E-state index in [4.69, 9.17) is 10.5 Å². The molecule has 0 aromatic heterocycles. The number of ether oxygens (including phenoxy) is 1. The number of nitrogens with two attached hydrogens (primary N) is 1. The number of anilines is 2. The number of methoxy groups -OCH3 is 1. The molecule has 18 heavy (non-hydrogen) atoms. The summed E-state index contributed by atoms with van der Waals surface area (Å²) >= 11 is 0. The van der Waals surface area contributed by atoms with Gasteiger partial charge < -0.3 is 15.8 Å². The molecule has 0 aliphatic heterocycles. The predicted octanol–water partition coefficient (Wildman–Crippen LogP) is 3.03. The molecule has 0 saturated heterocycles. The van der Waals surface area contributed by atoms with Crippen molar-refractivity contribution in [2.75, 3.05) is 18.2 Å². The summed E-state index contributed by atoms with van der Waals surface area (Å²) in [5.41, 5.74) is 8.22. The Labute approximate surface area is 105 Å². The fourth-order valence-electron chi connectivity index (χ4n) is 1.67. The van der Waals surface area contributed by atoms with Gasteiger partial charge in [-0.1, -0.05) is 18.2 Å². The maximum Gasteiger partial charge on any atom is 0.167 e. The molecule has 0 fully saturated rings. The molecule has 0 saturated carbocycles. The van der Waals surface area contributed by atoms with E-state index in [9.17, 15) is 4.39 Å². The molecule has 2 aromatic rings. The Bertz CT molecular complexity index is 543. The Kier molecular flexibility index (Phi) is 3.67. The Morgan fingerprint density at radius 3 is 2.67 bits per heavy atom. The molecule has 0 aliphatic carbocycles. The average molecular weight is 246 g/mol. The molecule has 2 rings (SSSR count). The minimum Gasteiger partial charge on any atom is -0.494 e. The number of nitrogens with one attached hydrogen (secondary N) is 1. The third kappa shape index (κ3) is 2.71. The van der Waals surface area contributed by atoms with Gasteiger partial charge in [0, 0.05) is 24.0 Å². The maximum atomic E-state index is 13.5. The van der Waals surface area contributed by atoms with Crippen LogP contribution < -0.4 is 15.8 Å². The van der Waals surface area contributed by atoms with Crippen LogP contribution in [0.25, 0.3) is 0 Å². The van der Waals surface area contributed by atoms with E-state index in [-0.39, 0.29) is 11.6 Å². The predicted molar refractivity (Wildman–Crippen MR) is 71.1 cm³/mol. The summed E-state index contributed by atoms with van der Waals surface area (Å²) in [6, 6.07) is 12.3. The molecule has 0 atom stereocenters. The molecule has 2 aromatic carbocycles. The second-order valence-corrected chi connectivity index (χ2v) is 3.90. The summed E-state index contributed by atoms with van der Waals surface area (Å²) in [5.74, 6) is -0.150. The summed E-state index contributed by atoms with van der Waals surface area (Å²) < 4.78 is 18.3. The van der Waals surface area contributed by atoms with Crippen LogP contribution in [-0.4, -0.2) is 7.11 Å². The second kappa shape index (κ2) is 5.40. The van der Waals surface area contributed by atoms with Crippen LogP contribution in [0.1, 0.15) is 5.56 Å². The molecule has 3 N–H and O–H groups in total. The zero-order chi connectivity index (χ0) is 13.0. The van der Waals surface area contributed by atoms with E-state index < -0.39 is 0 Å². The number of nitrogen functional groups attached to an aromatic ring is 1. The number of hydrogen-bond acceptors (Lipinski definition) is 3. The van der Waals surface area contributed by atoms with Crippen molar-refractivity contribution in [1.82, 2.24) is 0 Å². The van der Waals surface area contributed by atoms with Gasteiger partial charge in [0.25, 0.3) is 0 Å². The van der Waals surface area contributed by atoms with Gasteiger partial charge in [-0.25, -0.2) is 4.39 Å². The smallest absolute Gasteiger partial charge is 0.167 e. The summed E-state index contributed by atoms with van der Waals surface area (Å²) in [6.07, 6.45) is 0. The zero-order valence-electron chi connectivity index (χ0n) is 10.1. The first-order valence-corrected chi connectivity index (χ1v) is 5.61. The second-order valence-electron chi connectivity index (χ2n) is 3.90. The van der Waals surface area contributed by atoms with Crippen molar-refractivity contribution in [3.8, 4) is 5.75 Å². The quantitative estimate of drug-likeness (QED) is 0.815. The molecule has 0 heterocycles. The van der Waals surface area contributed by atoms with Gasteiger partial charge in [0.15, 0.2) is 11.6 Å².